The maximum atomic E-state index is 2.42. The van der Waals surface area contributed by atoms with E-state index in [-0.39, 0.29) is 0 Å². The molecule has 2 aliphatic rings. The molecule has 3 aromatic heterocycles. The lowest BCUT2D eigenvalue weighted by molar-refractivity contribution is -0.660. The Morgan fingerprint density at radius 3 is 1.10 bits per heavy atom. The topological polar surface area (TPSA) is 11.6 Å². The molecule has 3 heteroatoms. The van der Waals surface area contributed by atoms with Crippen molar-refractivity contribution in [2.24, 2.45) is 21.1 Å². The van der Waals surface area contributed by atoms with Crippen LogP contribution in [0.1, 0.15) is 152 Å². The van der Waals surface area contributed by atoms with Crippen molar-refractivity contribution in [1.82, 2.24) is 0 Å². The van der Waals surface area contributed by atoms with Crippen LogP contribution < -0.4 is 13.7 Å². The molecule has 0 bridgehead atoms. The lowest BCUT2D eigenvalue weighted by Gasteiger charge is -2.22. The van der Waals surface area contributed by atoms with Crippen molar-refractivity contribution >= 4 is 0 Å². The van der Waals surface area contributed by atoms with Gasteiger partial charge in [-0.3, -0.25) is 0 Å². The predicted octanol–water partition coefficient (Wildman–Crippen LogP) is 14.0. The fourth-order valence-corrected chi connectivity index (χ4v) is 10.2. The second-order valence-corrected chi connectivity index (χ2v) is 18.7. The first-order valence-electron chi connectivity index (χ1n) is 23.6. The summed E-state index contributed by atoms with van der Waals surface area (Å²) in [5.74, 6) is 2.28. The van der Waals surface area contributed by atoms with E-state index in [1.54, 1.807) is 11.1 Å². The molecule has 3 aromatic carbocycles. The van der Waals surface area contributed by atoms with E-state index in [2.05, 4.69) is 200 Å². The average molecular weight is 815 g/mol. The molecule has 6 aromatic rings. The smallest absolute Gasteiger partial charge is 0.201 e. The molecule has 320 valence electrons. The van der Waals surface area contributed by atoms with Crippen LogP contribution in [0.25, 0.3) is 33.8 Å². The monoisotopic (exact) mass is 815 g/mol. The van der Waals surface area contributed by atoms with Crippen molar-refractivity contribution in [3.63, 3.8) is 0 Å². The van der Waals surface area contributed by atoms with Gasteiger partial charge in [0, 0.05) is 51.6 Å². The molecule has 0 N–H and O–H groups in total. The molecule has 2 saturated carbocycles. The zero-order valence-corrected chi connectivity index (χ0v) is 39.7. The van der Waals surface area contributed by atoms with E-state index in [1.807, 2.05) is 0 Å². The lowest BCUT2D eigenvalue weighted by Crippen LogP contribution is -2.31. The first kappa shape index (κ1) is 45.6. The Hall–Kier alpha value is -4.89. The molecule has 61 heavy (non-hydrogen) atoms. The summed E-state index contributed by atoms with van der Waals surface area (Å²) in [5.41, 5.74) is 20.6. The Bertz CT molecular complexity index is 2290. The number of nitrogens with zero attached hydrogens (tertiary/aromatic N) is 3. The maximum absolute atomic E-state index is 2.42. The zero-order chi connectivity index (χ0) is 43.6. The fourth-order valence-electron chi connectivity index (χ4n) is 10.2. The van der Waals surface area contributed by atoms with Gasteiger partial charge in [0.2, 0.25) is 17.1 Å². The first-order chi connectivity index (χ1) is 29.4. The number of rotatable bonds is 8. The molecule has 0 saturated heterocycles. The fraction of sp³-hybridized carbons (Fsp3) is 0.431. The minimum Gasteiger partial charge on any atom is -0.201 e. The van der Waals surface area contributed by atoms with Crippen molar-refractivity contribution < 1.29 is 13.7 Å². The summed E-state index contributed by atoms with van der Waals surface area (Å²) in [5, 5.41) is 0. The molecule has 3 nitrogen and oxygen atoms in total. The van der Waals surface area contributed by atoms with Crippen molar-refractivity contribution in [3.05, 3.63) is 160 Å². The van der Waals surface area contributed by atoms with Crippen molar-refractivity contribution in [1.29, 1.82) is 0 Å². The summed E-state index contributed by atoms with van der Waals surface area (Å²) in [7, 11) is 6.39. The van der Waals surface area contributed by atoms with Crippen molar-refractivity contribution in [3.8, 4) is 33.8 Å². The largest absolute Gasteiger partial charge is 0.212 e. The molecule has 0 amide bonds. The van der Waals surface area contributed by atoms with Gasteiger partial charge in [0.1, 0.15) is 21.1 Å². The molecule has 0 spiro atoms. The van der Waals surface area contributed by atoms with Gasteiger partial charge >= 0.3 is 0 Å². The summed E-state index contributed by atoms with van der Waals surface area (Å²) in [4.78, 5) is 0. The normalized spacial score (nSPS) is 14.4. The van der Waals surface area contributed by atoms with E-state index in [1.165, 1.54) is 143 Å². The summed E-state index contributed by atoms with van der Waals surface area (Å²) in [6, 6.07) is 34.4. The van der Waals surface area contributed by atoms with E-state index in [4.69, 9.17) is 0 Å². The standard InChI is InChI=1S/C20H26N.C19H24N.C19H26N/c1-15-9-12-20(21(3)14-15)19-11-10-18(13-16(19)2)17-7-5-4-6-8-17;1-14-8-11-19(20(3)13-14)18-10-9-17(12-15(18)2)16-6-4-5-7-16;1-6-16(7-2)17-9-10-18(15(4)12-17)19-11-8-14(3)13-20(19)5/h9-14,17H,4-8H2,1-3H3;8-13,16H,4-7H2,1-3H3;8-13,16H,6-7H2,1-5H3/q3*+1. The molecule has 8 rings (SSSR count). The van der Waals surface area contributed by atoms with Gasteiger partial charge in [-0.1, -0.05) is 82.3 Å². The quantitative estimate of drug-likeness (QED) is 0.136. The van der Waals surface area contributed by atoms with Gasteiger partial charge < -0.3 is 0 Å². The highest BCUT2D eigenvalue weighted by molar-refractivity contribution is 5.63. The second kappa shape index (κ2) is 21.3. The summed E-state index contributed by atoms with van der Waals surface area (Å²) < 4.78 is 6.68. The van der Waals surface area contributed by atoms with Crippen LogP contribution in [0.3, 0.4) is 0 Å². The van der Waals surface area contributed by atoms with Crippen LogP contribution in [0, 0.1) is 41.5 Å². The highest BCUT2D eigenvalue weighted by Crippen LogP contribution is 2.37. The van der Waals surface area contributed by atoms with Gasteiger partial charge in [-0.25, -0.2) is 13.7 Å². The molecule has 0 aliphatic heterocycles. The van der Waals surface area contributed by atoms with Crippen LogP contribution >= 0.6 is 0 Å². The van der Waals surface area contributed by atoms with Gasteiger partial charge in [-0.05, 0) is 168 Å². The Morgan fingerprint density at radius 1 is 0.426 bits per heavy atom. The van der Waals surface area contributed by atoms with E-state index in [9.17, 15) is 0 Å². The van der Waals surface area contributed by atoms with Gasteiger partial charge in [-0.15, -0.1) is 0 Å². The minimum absolute atomic E-state index is 0.689. The number of aromatic nitrogens is 3. The Labute approximate surface area is 370 Å². The van der Waals surface area contributed by atoms with Crippen molar-refractivity contribution in [2.45, 2.75) is 144 Å². The Morgan fingerprint density at radius 2 is 0.770 bits per heavy atom. The molecular formula is C58H76N3+3. The van der Waals surface area contributed by atoms with Crippen molar-refractivity contribution in [2.75, 3.05) is 0 Å². The third-order valence-electron chi connectivity index (χ3n) is 13.8. The van der Waals surface area contributed by atoms with Crippen LogP contribution in [0.4, 0.5) is 0 Å². The third-order valence-corrected chi connectivity index (χ3v) is 13.8. The second-order valence-electron chi connectivity index (χ2n) is 18.7. The van der Waals surface area contributed by atoms with Crippen LogP contribution in [0.5, 0.6) is 0 Å². The van der Waals surface area contributed by atoms with Gasteiger partial charge in [0.05, 0.1) is 0 Å². The van der Waals surface area contributed by atoms with Gasteiger partial charge in [0.15, 0.2) is 18.6 Å². The summed E-state index contributed by atoms with van der Waals surface area (Å²) in [6.07, 6.45) is 21.5. The summed E-state index contributed by atoms with van der Waals surface area (Å²) >= 11 is 0. The van der Waals surface area contributed by atoms with Crippen LogP contribution in [0.15, 0.2) is 110 Å². The number of hydrogen-bond donors (Lipinski definition) is 0. The molecule has 0 radical (unpaired) electrons. The highest BCUT2D eigenvalue weighted by Gasteiger charge is 2.21. The zero-order valence-electron chi connectivity index (χ0n) is 39.7. The van der Waals surface area contributed by atoms with E-state index in [0.717, 1.165) is 11.8 Å². The molecule has 0 atom stereocenters. The number of hydrogen-bond acceptors (Lipinski definition) is 0. The van der Waals surface area contributed by atoms with E-state index < -0.39 is 0 Å². The number of pyridine rings is 3. The minimum atomic E-state index is 0.689. The molecule has 2 fully saturated rings. The van der Waals surface area contributed by atoms with Gasteiger partial charge in [-0.2, -0.15) is 0 Å². The van der Waals surface area contributed by atoms with E-state index in [0.29, 0.717) is 5.92 Å². The average Bonchev–Trinajstić information content (AvgIpc) is 3.79. The van der Waals surface area contributed by atoms with Crippen LogP contribution in [0.2, 0.25) is 0 Å². The maximum Gasteiger partial charge on any atom is 0.212 e. The molecule has 0 unspecified atom stereocenters. The number of aryl methyl sites for hydroxylation is 9. The van der Waals surface area contributed by atoms with E-state index >= 15 is 0 Å². The van der Waals surface area contributed by atoms with Crippen LogP contribution in [-0.2, 0) is 21.1 Å². The van der Waals surface area contributed by atoms with Gasteiger partial charge in [0.25, 0.3) is 0 Å². The SMILES string of the molecule is CCC(CC)c1ccc(-c2ccc(C)c[n+]2C)c(C)c1.Cc1ccc(-c2ccc(C3CCCC3)cc2C)[n+](C)c1.Cc1ccc(-c2ccc(C3CCCCC3)cc2C)[n+](C)c1. The van der Waals surface area contributed by atoms with Crippen LogP contribution in [-0.4, -0.2) is 0 Å². The first-order valence-corrected chi connectivity index (χ1v) is 23.6. The summed E-state index contributed by atoms with van der Waals surface area (Å²) in [6.45, 7) is 17.7. The molecule has 3 heterocycles. The highest BCUT2D eigenvalue weighted by atomic mass is 14.9. The molecule has 2 aliphatic carbocycles. The molecular weight excluding hydrogens is 739 g/mol. The lowest BCUT2D eigenvalue weighted by atomic mass is 9.83. The predicted molar refractivity (Wildman–Crippen MR) is 258 cm³/mol. The third kappa shape index (κ3) is 11.5. The number of benzene rings is 3. The Balaban J connectivity index is 0.000000153. The Kier molecular flexibility index (Phi) is 15.9.